The average Bonchev–Trinajstić information content (AvgIpc) is 2.56. The molecule has 0 radical (unpaired) electrons. The van der Waals surface area contributed by atoms with Crippen molar-refractivity contribution in [2.24, 2.45) is 0 Å². The molecule has 0 unspecified atom stereocenters. The molecule has 2 aromatic rings. The molecule has 2 aromatic heterocycles. The zero-order valence-corrected chi connectivity index (χ0v) is 13.1. The van der Waals surface area contributed by atoms with Gasteiger partial charge in [-0.1, -0.05) is 0 Å². The molecule has 0 aliphatic carbocycles. The maximum atomic E-state index is 4.99. The molecule has 1 aliphatic heterocycles. The molecule has 0 spiro atoms. The number of methoxy groups -OCH3 is 1. The van der Waals surface area contributed by atoms with Gasteiger partial charge in [0.2, 0.25) is 0 Å². The highest BCUT2D eigenvalue weighted by molar-refractivity contribution is 5.11. The lowest BCUT2D eigenvalue weighted by Crippen LogP contribution is -2.34. The molecule has 0 amide bonds. The number of likely N-dealkylation sites (tertiary alicyclic amines) is 1. The molecule has 3 rings (SSSR count). The van der Waals surface area contributed by atoms with Gasteiger partial charge in [-0.05, 0) is 26.3 Å². The molecular formula is C16H21N5O. The number of ether oxygens (including phenoxy) is 1. The Bertz CT molecular complexity index is 616. The molecule has 0 aromatic carbocycles. The third kappa shape index (κ3) is 3.57. The van der Waals surface area contributed by atoms with E-state index in [1.165, 1.54) is 12.8 Å². The number of aromatic nitrogens is 4. The second-order valence-electron chi connectivity index (χ2n) is 5.74. The van der Waals surface area contributed by atoms with Gasteiger partial charge in [-0.2, -0.15) is 0 Å². The quantitative estimate of drug-likeness (QED) is 0.860. The maximum absolute atomic E-state index is 4.99. The number of nitrogens with zero attached hydrogens (tertiary/aromatic N) is 5. The van der Waals surface area contributed by atoms with Crippen LogP contribution in [0.3, 0.4) is 0 Å². The van der Waals surface area contributed by atoms with E-state index >= 15 is 0 Å². The fourth-order valence-corrected chi connectivity index (χ4v) is 2.91. The Hall–Kier alpha value is -2.08. The van der Waals surface area contributed by atoms with Gasteiger partial charge in [0.15, 0.2) is 0 Å². The van der Waals surface area contributed by atoms with Crippen LogP contribution in [0.2, 0.25) is 0 Å². The van der Waals surface area contributed by atoms with Gasteiger partial charge in [-0.15, -0.1) is 0 Å². The highest BCUT2D eigenvalue weighted by atomic mass is 16.5. The predicted octanol–water partition coefficient (Wildman–Crippen LogP) is 1.96. The van der Waals surface area contributed by atoms with Crippen LogP contribution in [0.15, 0.2) is 24.8 Å². The highest BCUT2D eigenvalue weighted by Gasteiger charge is 2.22. The summed E-state index contributed by atoms with van der Waals surface area (Å²) in [5.41, 5.74) is 3.20. The summed E-state index contributed by atoms with van der Waals surface area (Å²) in [5, 5.41) is 0. The van der Waals surface area contributed by atoms with Crippen LogP contribution in [0.1, 0.15) is 35.7 Å². The Kier molecular flexibility index (Phi) is 4.58. The molecule has 0 N–H and O–H groups in total. The largest absolute Gasteiger partial charge is 0.467 e. The van der Waals surface area contributed by atoms with Crippen LogP contribution in [0.25, 0.3) is 0 Å². The van der Waals surface area contributed by atoms with Gasteiger partial charge in [0.05, 0.1) is 18.5 Å². The third-order valence-corrected chi connectivity index (χ3v) is 3.97. The minimum atomic E-state index is 0.412. The Balaban J connectivity index is 1.65. The number of aryl methyl sites for hydroxylation is 1. The van der Waals surface area contributed by atoms with Crippen molar-refractivity contribution in [3.8, 4) is 6.01 Å². The second-order valence-corrected chi connectivity index (χ2v) is 5.74. The van der Waals surface area contributed by atoms with Crippen molar-refractivity contribution >= 4 is 0 Å². The lowest BCUT2D eigenvalue weighted by molar-refractivity contribution is 0.197. The van der Waals surface area contributed by atoms with E-state index < -0.39 is 0 Å². The minimum Gasteiger partial charge on any atom is -0.467 e. The average molecular weight is 299 g/mol. The van der Waals surface area contributed by atoms with Gasteiger partial charge in [-0.3, -0.25) is 14.9 Å². The first-order chi connectivity index (χ1) is 10.7. The van der Waals surface area contributed by atoms with Crippen molar-refractivity contribution in [1.29, 1.82) is 0 Å². The number of hydrogen-bond donors (Lipinski definition) is 0. The molecule has 3 heterocycles. The van der Waals surface area contributed by atoms with E-state index in [-0.39, 0.29) is 0 Å². The summed E-state index contributed by atoms with van der Waals surface area (Å²) in [7, 11) is 1.58. The zero-order chi connectivity index (χ0) is 15.4. The topological polar surface area (TPSA) is 64.0 Å². The molecule has 0 saturated carbocycles. The van der Waals surface area contributed by atoms with Gasteiger partial charge in [0.1, 0.15) is 0 Å². The summed E-state index contributed by atoms with van der Waals surface area (Å²) in [6, 6.07) is 0.412. The Labute approximate surface area is 130 Å². The van der Waals surface area contributed by atoms with Gasteiger partial charge in [-0.25, -0.2) is 9.97 Å². The SMILES string of the molecule is COc1ncc(CN2CCC[C@H](c3cncc(C)n3)C2)cn1. The van der Waals surface area contributed by atoms with Crippen molar-refractivity contribution in [3.05, 3.63) is 41.7 Å². The molecule has 1 saturated heterocycles. The Morgan fingerprint density at radius 2 is 2.05 bits per heavy atom. The maximum Gasteiger partial charge on any atom is 0.316 e. The smallest absolute Gasteiger partial charge is 0.316 e. The van der Waals surface area contributed by atoms with Crippen molar-refractivity contribution in [2.45, 2.75) is 32.2 Å². The van der Waals surface area contributed by atoms with E-state index in [1.807, 2.05) is 25.5 Å². The minimum absolute atomic E-state index is 0.412. The normalized spacial score (nSPS) is 19.1. The van der Waals surface area contributed by atoms with E-state index in [4.69, 9.17) is 4.74 Å². The van der Waals surface area contributed by atoms with Gasteiger partial charge < -0.3 is 4.74 Å². The van der Waals surface area contributed by atoms with Crippen LogP contribution in [-0.4, -0.2) is 45.0 Å². The van der Waals surface area contributed by atoms with E-state index in [2.05, 4.69) is 24.8 Å². The monoisotopic (exact) mass is 299 g/mol. The van der Waals surface area contributed by atoms with Crippen molar-refractivity contribution in [2.75, 3.05) is 20.2 Å². The fraction of sp³-hybridized carbons (Fsp3) is 0.500. The zero-order valence-electron chi connectivity index (χ0n) is 13.1. The predicted molar refractivity (Wildman–Crippen MR) is 82.6 cm³/mol. The van der Waals surface area contributed by atoms with Crippen LogP contribution in [0, 0.1) is 6.92 Å². The summed E-state index contributed by atoms with van der Waals surface area (Å²) in [6.07, 6.45) is 9.73. The number of rotatable bonds is 4. The molecule has 1 aliphatic rings. The van der Waals surface area contributed by atoms with Crippen LogP contribution >= 0.6 is 0 Å². The summed E-state index contributed by atoms with van der Waals surface area (Å²) in [6.45, 7) is 4.96. The summed E-state index contributed by atoms with van der Waals surface area (Å²) >= 11 is 0. The molecule has 1 fully saturated rings. The Morgan fingerprint density at radius 3 is 2.77 bits per heavy atom. The van der Waals surface area contributed by atoms with Gasteiger partial charge >= 0.3 is 6.01 Å². The second kappa shape index (κ2) is 6.79. The van der Waals surface area contributed by atoms with Crippen LogP contribution < -0.4 is 4.74 Å². The third-order valence-electron chi connectivity index (χ3n) is 3.97. The van der Waals surface area contributed by atoms with E-state index in [1.54, 1.807) is 13.3 Å². The molecular weight excluding hydrogens is 278 g/mol. The Morgan fingerprint density at radius 1 is 1.23 bits per heavy atom. The first-order valence-corrected chi connectivity index (χ1v) is 7.60. The molecule has 116 valence electrons. The van der Waals surface area contributed by atoms with E-state index in [0.29, 0.717) is 11.9 Å². The first-order valence-electron chi connectivity index (χ1n) is 7.60. The van der Waals surface area contributed by atoms with Crippen LogP contribution in [0.5, 0.6) is 6.01 Å². The number of hydrogen-bond acceptors (Lipinski definition) is 6. The van der Waals surface area contributed by atoms with E-state index in [0.717, 1.165) is 36.6 Å². The van der Waals surface area contributed by atoms with Crippen LogP contribution in [0.4, 0.5) is 0 Å². The molecule has 22 heavy (non-hydrogen) atoms. The van der Waals surface area contributed by atoms with E-state index in [9.17, 15) is 0 Å². The molecule has 6 heteroatoms. The lowest BCUT2D eigenvalue weighted by Gasteiger charge is -2.32. The first kappa shape index (κ1) is 14.8. The summed E-state index contributed by atoms with van der Waals surface area (Å²) < 4.78 is 4.99. The number of piperidine rings is 1. The lowest BCUT2D eigenvalue weighted by atomic mass is 9.94. The molecule has 6 nitrogen and oxygen atoms in total. The van der Waals surface area contributed by atoms with Crippen molar-refractivity contribution < 1.29 is 4.74 Å². The molecule has 1 atom stereocenters. The van der Waals surface area contributed by atoms with Gasteiger partial charge in [0.25, 0.3) is 0 Å². The van der Waals surface area contributed by atoms with Crippen molar-refractivity contribution in [1.82, 2.24) is 24.8 Å². The summed E-state index contributed by atoms with van der Waals surface area (Å²) in [4.78, 5) is 19.7. The summed E-state index contributed by atoms with van der Waals surface area (Å²) in [5.74, 6) is 0.459. The van der Waals surface area contributed by atoms with Crippen molar-refractivity contribution in [3.63, 3.8) is 0 Å². The standard InChI is InChI=1S/C16H21N5O/c1-12-6-17-9-15(20-12)14-4-3-5-21(11-14)10-13-7-18-16(22-2)19-8-13/h6-9,14H,3-5,10-11H2,1-2H3/t14-/m0/s1. The molecule has 0 bridgehead atoms. The highest BCUT2D eigenvalue weighted by Crippen LogP contribution is 2.26. The van der Waals surface area contributed by atoms with Crippen LogP contribution in [-0.2, 0) is 6.54 Å². The van der Waals surface area contributed by atoms with Gasteiger partial charge in [0, 0.05) is 49.4 Å². The fourth-order valence-electron chi connectivity index (χ4n) is 2.91.